The van der Waals surface area contributed by atoms with Crippen LogP contribution in [-0.4, -0.2) is 62.7 Å². The van der Waals surface area contributed by atoms with Gasteiger partial charge in [0.2, 0.25) is 0 Å². The molecule has 0 radical (unpaired) electrons. The molecule has 19 heavy (non-hydrogen) atoms. The van der Waals surface area contributed by atoms with E-state index in [-0.39, 0.29) is 0 Å². The van der Waals surface area contributed by atoms with Gasteiger partial charge in [-0.05, 0) is 78.2 Å². The zero-order valence-electron chi connectivity index (χ0n) is 13.4. The van der Waals surface area contributed by atoms with Crippen molar-refractivity contribution in [2.45, 2.75) is 51.1 Å². The van der Waals surface area contributed by atoms with Gasteiger partial charge < -0.3 is 15.1 Å². The fourth-order valence-corrected chi connectivity index (χ4v) is 4.04. The molecule has 0 amide bonds. The van der Waals surface area contributed by atoms with Crippen molar-refractivity contribution in [3.63, 3.8) is 0 Å². The molecule has 3 nitrogen and oxygen atoms in total. The first-order valence-corrected chi connectivity index (χ1v) is 8.16. The number of nitrogens with zero attached hydrogens (tertiary/aromatic N) is 2. The van der Waals surface area contributed by atoms with E-state index < -0.39 is 0 Å². The third-order valence-corrected chi connectivity index (χ3v) is 5.45. The molecular formula is C16H33N3. The molecule has 1 saturated heterocycles. The van der Waals surface area contributed by atoms with Gasteiger partial charge in [-0.15, -0.1) is 0 Å². The summed E-state index contributed by atoms with van der Waals surface area (Å²) >= 11 is 0. The Morgan fingerprint density at radius 2 is 1.84 bits per heavy atom. The Kier molecular flexibility index (Phi) is 5.67. The lowest BCUT2D eigenvalue weighted by molar-refractivity contribution is 0.100. The van der Waals surface area contributed by atoms with Crippen molar-refractivity contribution in [2.24, 2.45) is 11.8 Å². The van der Waals surface area contributed by atoms with Gasteiger partial charge in [-0.1, -0.05) is 6.92 Å². The predicted octanol–water partition coefficient (Wildman–Crippen LogP) is 2.04. The summed E-state index contributed by atoms with van der Waals surface area (Å²) in [6.07, 6.45) is 6.87. The predicted molar refractivity (Wildman–Crippen MR) is 82.5 cm³/mol. The zero-order valence-corrected chi connectivity index (χ0v) is 13.4. The largest absolute Gasteiger partial charge is 0.317 e. The number of rotatable bonds is 4. The molecule has 3 atom stereocenters. The summed E-state index contributed by atoms with van der Waals surface area (Å²) in [5.74, 6) is 1.76. The Morgan fingerprint density at radius 1 is 1.16 bits per heavy atom. The monoisotopic (exact) mass is 267 g/mol. The lowest BCUT2D eigenvalue weighted by atomic mass is 9.78. The first-order valence-electron chi connectivity index (χ1n) is 8.16. The molecule has 1 aliphatic carbocycles. The van der Waals surface area contributed by atoms with Crippen molar-refractivity contribution >= 4 is 0 Å². The van der Waals surface area contributed by atoms with E-state index in [0.29, 0.717) is 0 Å². The van der Waals surface area contributed by atoms with Gasteiger partial charge >= 0.3 is 0 Å². The maximum atomic E-state index is 3.55. The summed E-state index contributed by atoms with van der Waals surface area (Å²) in [7, 11) is 6.74. The van der Waals surface area contributed by atoms with Crippen molar-refractivity contribution in [2.75, 3.05) is 40.8 Å². The Bertz CT molecular complexity index is 261. The van der Waals surface area contributed by atoms with Crippen molar-refractivity contribution in [1.82, 2.24) is 15.1 Å². The van der Waals surface area contributed by atoms with Gasteiger partial charge in [0.05, 0.1) is 0 Å². The summed E-state index contributed by atoms with van der Waals surface area (Å²) in [5, 5.41) is 3.55. The van der Waals surface area contributed by atoms with Crippen LogP contribution in [0, 0.1) is 11.8 Å². The molecule has 2 aliphatic rings. The lowest BCUT2D eigenvalue weighted by Crippen LogP contribution is -2.48. The molecule has 2 rings (SSSR count). The summed E-state index contributed by atoms with van der Waals surface area (Å²) in [6, 6.07) is 1.55. The van der Waals surface area contributed by atoms with Crippen molar-refractivity contribution in [3.8, 4) is 0 Å². The third kappa shape index (κ3) is 4.17. The van der Waals surface area contributed by atoms with Crippen LogP contribution in [0.3, 0.4) is 0 Å². The fraction of sp³-hybridized carbons (Fsp3) is 1.00. The van der Waals surface area contributed by atoms with Gasteiger partial charge in [0.25, 0.3) is 0 Å². The minimum Gasteiger partial charge on any atom is -0.317 e. The second-order valence-corrected chi connectivity index (χ2v) is 7.05. The molecule has 1 heterocycles. The second kappa shape index (κ2) is 7.05. The van der Waals surface area contributed by atoms with E-state index in [2.05, 4.69) is 43.2 Å². The Labute approximate surface area is 119 Å². The van der Waals surface area contributed by atoms with Crippen molar-refractivity contribution in [3.05, 3.63) is 0 Å². The van der Waals surface area contributed by atoms with Crippen LogP contribution in [0.15, 0.2) is 0 Å². The highest BCUT2D eigenvalue weighted by Crippen LogP contribution is 2.30. The number of hydrogen-bond acceptors (Lipinski definition) is 3. The van der Waals surface area contributed by atoms with E-state index in [1.54, 1.807) is 0 Å². The van der Waals surface area contributed by atoms with E-state index in [1.807, 2.05) is 0 Å². The summed E-state index contributed by atoms with van der Waals surface area (Å²) in [6.45, 7) is 6.25. The Morgan fingerprint density at radius 3 is 2.47 bits per heavy atom. The maximum absolute atomic E-state index is 3.55. The molecule has 2 fully saturated rings. The maximum Gasteiger partial charge on any atom is 0.0117 e. The van der Waals surface area contributed by atoms with Crippen LogP contribution in [0.5, 0.6) is 0 Å². The van der Waals surface area contributed by atoms with E-state index >= 15 is 0 Å². The van der Waals surface area contributed by atoms with Crippen LogP contribution in [0.2, 0.25) is 0 Å². The zero-order chi connectivity index (χ0) is 13.8. The molecule has 0 aromatic heterocycles. The fourth-order valence-electron chi connectivity index (χ4n) is 4.04. The molecular weight excluding hydrogens is 234 g/mol. The van der Waals surface area contributed by atoms with Gasteiger partial charge in [0.15, 0.2) is 0 Å². The highest BCUT2D eigenvalue weighted by molar-refractivity contribution is 4.86. The van der Waals surface area contributed by atoms with E-state index in [0.717, 1.165) is 23.9 Å². The number of likely N-dealkylation sites (tertiary alicyclic amines) is 1. The molecule has 1 aliphatic heterocycles. The highest BCUT2D eigenvalue weighted by atomic mass is 15.2. The number of nitrogens with one attached hydrogen (secondary N) is 1. The van der Waals surface area contributed by atoms with Crippen LogP contribution >= 0.6 is 0 Å². The Balaban J connectivity index is 1.84. The average molecular weight is 267 g/mol. The average Bonchev–Trinajstić information content (AvgIpc) is 2.39. The smallest absolute Gasteiger partial charge is 0.0117 e. The van der Waals surface area contributed by atoms with Crippen LogP contribution in [0.1, 0.15) is 39.0 Å². The topological polar surface area (TPSA) is 18.5 Å². The van der Waals surface area contributed by atoms with Gasteiger partial charge in [0, 0.05) is 18.6 Å². The first kappa shape index (κ1) is 15.3. The van der Waals surface area contributed by atoms with Crippen LogP contribution in [-0.2, 0) is 0 Å². The molecule has 1 saturated carbocycles. The van der Waals surface area contributed by atoms with Crippen LogP contribution in [0.25, 0.3) is 0 Å². The molecule has 112 valence electrons. The summed E-state index contributed by atoms with van der Waals surface area (Å²) in [4.78, 5) is 5.11. The summed E-state index contributed by atoms with van der Waals surface area (Å²) < 4.78 is 0. The van der Waals surface area contributed by atoms with Gasteiger partial charge in [-0.2, -0.15) is 0 Å². The highest BCUT2D eigenvalue weighted by Gasteiger charge is 2.30. The Hall–Kier alpha value is -0.120. The number of piperidine rings is 1. The minimum absolute atomic E-state index is 0.741. The normalized spacial score (nSPS) is 34.9. The molecule has 3 unspecified atom stereocenters. The summed E-state index contributed by atoms with van der Waals surface area (Å²) in [5.41, 5.74) is 0. The van der Waals surface area contributed by atoms with E-state index in [1.165, 1.54) is 51.7 Å². The third-order valence-electron chi connectivity index (χ3n) is 5.45. The van der Waals surface area contributed by atoms with Crippen molar-refractivity contribution < 1.29 is 0 Å². The lowest BCUT2D eigenvalue weighted by Gasteiger charge is -2.41. The van der Waals surface area contributed by atoms with E-state index in [9.17, 15) is 0 Å². The second-order valence-electron chi connectivity index (χ2n) is 7.05. The quantitative estimate of drug-likeness (QED) is 0.841. The molecule has 0 aromatic rings. The van der Waals surface area contributed by atoms with Gasteiger partial charge in [0.1, 0.15) is 0 Å². The van der Waals surface area contributed by atoms with Crippen LogP contribution < -0.4 is 5.32 Å². The first-order chi connectivity index (χ1) is 9.10. The molecule has 0 bridgehead atoms. The number of hydrogen-bond donors (Lipinski definition) is 1. The molecule has 3 heteroatoms. The standard InChI is InChI=1S/C16H33N3/c1-13-5-6-16(17-2)14(11-13)12-19(4)15-7-9-18(3)10-8-15/h13-17H,5-12H2,1-4H3. The van der Waals surface area contributed by atoms with E-state index in [4.69, 9.17) is 0 Å². The SMILES string of the molecule is CNC1CCC(C)CC1CN(C)C1CCN(C)CC1. The molecule has 1 N–H and O–H groups in total. The molecule has 0 spiro atoms. The van der Waals surface area contributed by atoms with Crippen LogP contribution in [0.4, 0.5) is 0 Å². The van der Waals surface area contributed by atoms with Crippen molar-refractivity contribution in [1.29, 1.82) is 0 Å². The van der Waals surface area contributed by atoms with Gasteiger partial charge in [-0.3, -0.25) is 0 Å². The molecule has 0 aromatic carbocycles. The minimum atomic E-state index is 0.741. The van der Waals surface area contributed by atoms with Gasteiger partial charge in [-0.25, -0.2) is 0 Å².